The van der Waals surface area contributed by atoms with Crippen molar-refractivity contribution >= 4 is 60.3 Å². The largest absolute Gasteiger partial charge is 0.785 e. The van der Waals surface area contributed by atoms with Gasteiger partial charge in [-0.3, -0.25) is 0 Å². The Morgan fingerprint density at radius 3 is 0.968 bits per heavy atom. The molecule has 0 radical (unpaired) electrons. The summed E-state index contributed by atoms with van der Waals surface area (Å²) < 4.78 is 0. The van der Waals surface area contributed by atoms with Crippen molar-refractivity contribution in [2.24, 2.45) is 0 Å². The van der Waals surface area contributed by atoms with Gasteiger partial charge < -0.3 is 50.5 Å². The number of hydrogen-bond donors (Lipinski definition) is 0. The first-order valence-corrected chi connectivity index (χ1v) is 11.9. The van der Waals surface area contributed by atoms with E-state index in [9.17, 15) is 0 Å². The van der Waals surface area contributed by atoms with E-state index in [1.807, 2.05) is 13.8 Å². The Balaban J connectivity index is 0.000000562. The minimum Gasteiger partial charge on any atom is -0.785 e. The molecule has 0 aliphatic carbocycles. The van der Waals surface area contributed by atoms with Crippen LogP contribution >= 0.6 is 0 Å². The van der Waals surface area contributed by atoms with Crippen LogP contribution in [-0.2, 0) is 67.0 Å². The Bertz CT molecular complexity index is 846. The molecule has 0 saturated heterocycles. The Hall–Kier alpha value is -0.706. The van der Waals surface area contributed by atoms with Crippen molar-refractivity contribution in [1.29, 1.82) is 0 Å². The van der Waals surface area contributed by atoms with Crippen molar-refractivity contribution in [1.82, 2.24) is 0 Å². The van der Waals surface area contributed by atoms with Gasteiger partial charge in [-0.05, 0) is 74.9 Å². The van der Waals surface area contributed by atoms with Crippen LogP contribution in [0.2, 0.25) is 0 Å². The second-order valence-electron chi connectivity index (χ2n) is 7.76. The smallest absolute Gasteiger partial charge is 0 e. The number of aryl methyl sites for hydroxylation is 6. The molecular weight excluding hydrogens is 499 g/mol. The van der Waals surface area contributed by atoms with Crippen molar-refractivity contribution in [3.8, 4) is 0 Å². The molecule has 2 aromatic rings. The molecule has 0 aromatic heterocycles. The zero-order valence-corrected chi connectivity index (χ0v) is 23.9. The molecule has 0 unspecified atom stereocenters. The van der Waals surface area contributed by atoms with Gasteiger partial charge in [0.15, 0.2) is 0 Å². The van der Waals surface area contributed by atoms with Crippen LogP contribution in [0.4, 0.5) is 0 Å². The third kappa shape index (κ3) is 8.29. The number of hydrogen-bond acceptors (Lipinski definition) is 4. The summed E-state index contributed by atoms with van der Waals surface area (Å²) in [6.07, 6.45) is 1.70. The quantitative estimate of drug-likeness (QED) is 0.295. The molecule has 0 nitrogen and oxygen atoms in total. The van der Waals surface area contributed by atoms with Crippen LogP contribution in [0.3, 0.4) is 0 Å². The van der Waals surface area contributed by atoms with Gasteiger partial charge in [-0.15, -0.1) is 0 Å². The molecule has 0 amide bonds. The molecule has 0 aliphatic rings. The van der Waals surface area contributed by atoms with Gasteiger partial charge in [0, 0.05) is 16.5 Å². The Labute approximate surface area is 222 Å². The van der Waals surface area contributed by atoms with E-state index in [0.29, 0.717) is 0 Å². The third-order valence-corrected chi connectivity index (χ3v) is 7.10. The van der Waals surface area contributed by atoms with E-state index >= 15 is 0 Å². The van der Waals surface area contributed by atoms with E-state index in [2.05, 4.69) is 65.8 Å². The van der Waals surface area contributed by atoms with Gasteiger partial charge >= 0.3 is 0 Å². The summed E-state index contributed by atoms with van der Waals surface area (Å²) in [4.78, 5) is 3.48. The molecular formula is C26H32NiS4-4. The van der Waals surface area contributed by atoms with Gasteiger partial charge in [0.1, 0.15) is 0 Å². The van der Waals surface area contributed by atoms with Crippen LogP contribution in [0.15, 0.2) is 34.1 Å². The summed E-state index contributed by atoms with van der Waals surface area (Å²) in [5.41, 5.74) is 9.78. The first-order chi connectivity index (χ1) is 13.9. The predicted octanol–water partition coefficient (Wildman–Crippen LogP) is 7.57. The normalized spacial score (nSPS) is 12.1. The predicted molar refractivity (Wildman–Crippen MR) is 145 cm³/mol. The molecule has 0 heterocycles. The van der Waals surface area contributed by atoms with Crippen molar-refractivity contribution in [3.05, 3.63) is 78.6 Å². The number of benzene rings is 2. The van der Waals surface area contributed by atoms with Gasteiger partial charge in [0.25, 0.3) is 0 Å². The van der Waals surface area contributed by atoms with Crippen LogP contribution in [-0.4, -0.2) is 0 Å². The molecule has 0 atom stereocenters. The zero-order chi connectivity index (χ0) is 23.2. The molecule has 2 rings (SSSR count). The monoisotopic (exact) mass is 530 g/mol. The second kappa shape index (κ2) is 13.8. The minimum absolute atomic E-state index is 0. The van der Waals surface area contributed by atoms with Gasteiger partial charge in [0.2, 0.25) is 0 Å². The number of allylic oxidation sites excluding steroid dienone is 2. The molecule has 0 saturated carbocycles. The molecule has 31 heavy (non-hydrogen) atoms. The maximum Gasteiger partial charge on any atom is 0 e. The maximum atomic E-state index is 5.42. The Kier molecular flexibility index (Phi) is 13.4. The van der Waals surface area contributed by atoms with Crippen molar-refractivity contribution in [2.45, 2.75) is 68.2 Å². The van der Waals surface area contributed by atoms with Crippen LogP contribution in [0.1, 0.15) is 71.2 Å². The first kappa shape index (κ1) is 30.3. The summed E-state index contributed by atoms with van der Waals surface area (Å²) >= 11 is 21.4. The molecule has 0 aliphatic heterocycles. The summed E-state index contributed by atoms with van der Waals surface area (Å²) in [6, 6.07) is 8.64. The molecule has 2 aromatic carbocycles. The fourth-order valence-corrected chi connectivity index (χ4v) is 4.81. The summed E-state index contributed by atoms with van der Waals surface area (Å²) in [6.45, 7) is 16.7. The van der Waals surface area contributed by atoms with Gasteiger partial charge in [0.05, 0.1) is 0 Å². The number of rotatable bonds is 4. The zero-order valence-electron chi connectivity index (χ0n) is 19.7. The average molecular weight is 532 g/mol. The molecule has 0 fully saturated rings. The summed E-state index contributed by atoms with van der Waals surface area (Å²) in [7, 11) is 0. The molecule has 174 valence electrons. The Morgan fingerprint density at radius 2 is 0.774 bits per heavy atom. The Morgan fingerprint density at radius 1 is 0.548 bits per heavy atom. The SMILES string of the molecule is CC/C([S-])=C(/[S-])c1c(C)cc(C)cc1C.CC/C([S-])=C(/[S-])c1c(C)cc(C)cc1C.[Ni]. The maximum absolute atomic E-state index is 5.42. The van der Waals surface area contributed by atoms with E-state index < -0.39 is 0 Å². The van der Waals surface area contributed by atoms with E-state index in [4.69, 9.17) is 50.5 Å². The van der Waals surface area contributed by atoms with Crippen molar-refractivity contribution < 1.29 is 16.5 Å². The van der Waals surface area contributed by atoms with E-state index in [-0.39, 0.29) is 16.5 Å². The molecule has 0 bridgehead atoms. The molecule has 5 heteroatoms. The molecule has 0 spiro atoms. The summed E-state index contributed by atoms with van der Waals surface area (Å²) in [5.74, 6) is 0. The van der Waals surface area contributed by atoms with Crippen molar-refractivity contribution in [3.63, 3.8) is 0 Å². The van der Waals surface area contributed by atoms with Crippen LogP contribution in [0, 0.1) is 41.5 Å². The van der Waals surface area contributed by atoms with E-state index in [1.165, 1.54) is 33.4 Å². The molecule has 0 N–H and O–H groups in total. The minimum atomic E-state index is 0. The van der Waals surface area contributed by atoms with E-state index in [0.717, 1.165) is 43.6 Å². The van der Waals surface area contributed by atoms with Crippen LogP contribution in [0.25, 0.3) is 9.81 Å². The topological polar surface area (TPSA) is 0 Å². The van der Waals surface area contributed by atoms with E-state index in [1.54, 1.807) is 0 Å². The summed E-state index contributed by atoms with van der Waals surface area (Å²) in [5, 5.41) is 0. The second-order valence-corrected chi connectivity index (χ2v) is 9.56. The fourth-order valence-electron chi connectivity index (χ4n) is 3.68. The van der Waals surface area contributed by atoms with Gasteiger partial charge in [-0.2, -0.15) is 9.81 Å². The van der Waals surface area contributed by atoms with Crippen LogP contribution < -0.4 is 0 Å². The average Bonchev–Trinajstić information content (AvgIpc) is 2.65. The fraction of sp³-hybridized carbons (Fsp3) is 0.385. The van der Waals surface area contributed by atoms with Gasteiger partial charge in [-0.1, -0.05) is 62.1 Å². The van der Waals surface area contributed by atoms with Crippen LogP contribution in [0.5, 0.6) is 0 Å². The standard InChI is InChI=1S/2C13H18S2.Ni/c2*1-5-11(14)13(15)12-9(3)6-8(2)7-10(12)4;/h2*6-7,14-15H,5H2,1-4H3;/p-4/b2*13-11-;. The van der Waals surface area contributed by atoms with Gasteiger partial charge in [-0.25, -0.2) is 9.81 Å². The third-order valence-electron chi connectivity index (χ3n) is 4.96. The van der Waals surface area contributed by atoms with Crippen molar-refractivity contribution in [2.75, 3.05) is 0 Å². The first-order valence-electron chi connectivity index (χ1n) is 10.2.